The number of unbranched alkanes of at least 4 members (excludes halogenated alkanes) is 1. The minimum atomic E-state index is -0.518. The number of rotatable bonds is 8. The zero-order chi connectivity index (χ0) is 19.1. The molecule has 2 amide bonds. The van der Waals surface area contributed by atoms with E-state index in [2.05, 4.69) is 0 Å². The van der Waals surface area contributed by atoms with Crippen LogP contribution in [0.15, 0.2) is 54.6 Å². The van der Waals surface area contributed by atoms with Crippen molar-refractivity contribution in [2.75, 3.05) is 13.7 Å². The number of cyclic esters (lactones) is 1. The van der Waals surface area contributed by atoms with Crippen molar-refractivity contribution in [3.63, 3.8) is 0 Å². The van der Waals surface area contributed by atoms with Gasteiger partial charge in [0.15, 0.2) is 0 Å². The summed E-state index contributed by atoms with van der Waals surface area (Å²) in [6, 6.07) is 17.6. The van der Waals surface area contributed by atoms with Crippen LogP contribution in [0.25, 0.3) is 0 Å². The summed E-state index contributed by atoms with van der Waals surface area (Å²) in [4.78, 5) is 25.9. The first kappa shape index (κ1) is 19.0. The number of methoxy groups -OCH3 is 1. The van der Waals surface area contributed by atoms with Crippen LogP contribution in [0.1, 0.15) is 30.4 Å². The standard InChI is InChI=1S/C22H25NO4/c1-26-20-13-11-17(12-14-20)7-5-6-10-21(24)23-19(16-27-22(23)25)15-18-8-3-2-4-9-18/h2-4,8-9,11-14,19H,5-7,10,15-16H2,1H3/t19-/m0/s1. The highest BCUT2D eigenvalue weighted by atomic mass is 16.6. The lowest BCUT2D eigenvalue weighted by atomic mass is 10.0. The number of ether oxygens (including phenoxy) is 2. The highest BCUT2D eigenvalue weighted by Gasteiger charge is 2.37. The monoisotopic (exact) mass is 367 g/mol. The number of benzene rings is 2. The lowest BCUT2D eigenvalue weighted by Crippen LogP contribution is -2.40. The van der Waals surface area contributed by atoms with Crippen molar-refractivity contribution in [3.05, 3.63) is 65.7 Å². The van der Waals surface area contributed by atoms with E-state index in [1.807, 2.05) is 54.6 Å². The minimum Gasteiger partial charge on any atom is -0.497 e. The largest absolute Gasteiger partial charge is 0.497 e. The molecule has 2 aromatic rings. The topological polar surface area (TPSA) is 55.8 Å². The lowest BCUT2D eigenvalue weighted by Gasteiger charge is -2.19. The van der Waals surface area contributed by atoms with E-state index in [1.54, 1.807) is 7.11 Å². The molecule has 0 N–H and O–H groups in total. The van der Waals surface area contributed by atoms with E-state index in [0.717, 1.165) is 30.6 Å². The van der Waals surface area contributed by atoms with E-state index in [4.69, 9.17) is 9.47 Å². The quantitative estimate of drug-likeness (QED) is 0.662. The van der Waals surface area contributed by atoms with Gasteiger partial charge in [-0.05, 0) is 48.9 Å². The Kier molecular flexibility index (Phi) is 6.47. The van der Waals surface area contributed by atoms with Gasteiger partial charge in [-0.15, -0.1) is 0 Å². The first-order valence-electron chi connectivity index (χ1n) is 9.33. The number of aryl methyl sites for hydroxylation is 1. The second kappa shape index (κ2) is 9.21. The molecule has 5 heteroatoms. The van der Waals surface area contributed by atoms with E-state index in [-0.39, 0.29) is 18.6 Å². The van der Waals surface area contributed by atoms with Crippen LogP contribution in [0.4, 0.5) is 4.79 Å². The molecule has 0 bridgehead atoms. The minimum absolute atomic E-state index is 0.145. The van der Waals surface area contributed by atoms with Crippen molar-refractivity contribution < 1.29 is 19.1 Å². The fourth-order valence-electron chi connectivity index (χ4n) is 3.32. The maximum Gasteiger partial charge on any atom is 0.416 e. The Morgan fingerprint density at radius 3 is 2.52 bits per heavy atom. The Labute approximate surface area is 159 Å². The van der Waals surface area contributed by atoms with Gasteiger partial charge in [-0.25, -0.2) is 9.69 Å². The average molecular weight is 367 g/mol. The number of imide groups is 1. The van der Waals surface area contributed by atoms with Gasteiger partial charge in [0, 0.05) is 6.42 Å². The molecule has 0 spiro atoms. The lowest BCUT2D eigenvalue weighted by molar-refractivity contribution is -0.129. The Morgan fingerprint density at radius 1 is 1.07 bits per heavy atom. The van der Waals surface area contributed by atoms with Gasteiger partial charge in [-0.3, -0.25) is 4.79 Å². The first-order chi connectivity index (χ1) is 13.2. The molecular weight excluding hydrogens is 342 g/mol. The van der Waals surface area contributed by atoms with Gasteiger partial charge in [0.2, 0.25) is 5.91 Å². The second-order valence-electron chi connectivity index (χ2n) is 6.74. The third-order valence-corrected chi connectivity index (χ3v) is 4.81. The molecule has 1 atom stereocenters. The van der Waals surface area contributed by atoms with Gasteiger partial charge in [0.25, 0.3) is 0 Å². The van der Waals surface area contributed by atoms with Crippen molar-refractivity contribution in [2.24, 2.45) is 0 Å². The molecule has 27 heavy (non-hydrogen) atoms. The van der Waals surface area contributed by atoms with Gasteiger partial charge >= 0.3 is 6.09 Å². The van der Waals surface area contributed by atoms with Crippen molar-refractivity contribution >= 4 is 12.0 Å². The molecule has 0 radical (unpaired) electrons. The van der Waals surface area contributed by atoms with Crippen molar-refractivity contribution in [3.8, 4) is 5.75 Å². The van der Waals surface area contributed by atoms with Gasteiger partial charge < -0.3 is 9.47 Å². The van der Waals surface area contributed by atoms with Crippen LogP contribution < -0.4 is 4.74 Å². The number of carbonyl (C=O) groups excluding carboxylic acids is 2. The fourth-order valence-corrected chi connectivity index (χ4v) is 3.32. The molecule has 1 aliphatic rings. The second-order valence-corrected chi connectivity index (χ2v) is 6.74. The van der Waals surface area contributed by atoms with Gasteiger partial charge in [-0.2, -0.15) is 0 Å². The SMILES string of the molecule is COc1ccc(CCCCC(=O)N2C(=O)OC[C@@H]2Cc2ccccc2)cc1. The van der Waals surface area contributed by atoms with E-state index in [9.17, 15) is 9.59 Å². The van der Waals surface area contributed by atoms with Crippen molar-refractivity contribution in [1.82, 2.24) is 4.90 Å². The summed E-state index contributed by atoms with van der Waals surface area (Å²) in [5.74, 6) is 0.694. The molecule has 2 aromatic carbocycles. The number of nitrogens with zero attached hydrogens (tertiary/aromatic N) is 1. The molecule has 0 saturated carbocycles. The summed E-state index contributed by atoms with van der Waals surface area (Å²) < 4.78 is 10.3. The van der Waals surface area contributed by atoms with Gasteiger partial charge in [-0.1, -0.05) is 42.5 Å². The molecule has 3 rings (SSSR count). The normalized spacial score (nSPS) is 16.3. The molecule has 142 valence electrons. The fraction of sp³-hybridized carbons (Fsp3) is 0.364. The maximum absolute atomic E-state index is 12.6. The number of carbonyl (C=O) groups is 2. The third-order valence-electron chi connectivity index (χ3n) is 4.81. The molecule has 1 fully saturated rings. The average Bonchev–Trinajstić information content (AvgIpc) is 3.06. The van der Waals surface area contributed by atoms with E-state index >= 15 is 0 Å². The molecule has 1 aliphatic heterocycles. The van der Waals surface area contributed by atoms with Gasteiger partial charge in [0.1, 0.15) is 12.4 Å². The van der Waals surface area contributed by atoms with Crippen molar-refractivity contribution in [1.29, 1.82) is 0 Å². The summed E-state index contributed by atoms with van der Waals surface area (Å²) >= 11 is 0. The maximum atomic E-state index is 12.6. The molecule has 0 unspecified atom stereocenters. The first-order valence-corrected chi connectivity index (χ1v) is 9.33. The molecule has 1 saturated heterocycles. The van der Waals surface area contributed by atoms with Gasteiger partial charge in [0.05, 0.1) is 13.2 Å². The van der Waals surface area contributed by atoms with Crippen LogP contribution in [-0.2, 0) is 22.4 Å². The summed E-state index contributed by atoms with van der Waals surface area (Å²) in [6.45, 7) is 0.269. The Morgan fingerprint density at radius 2 is 1.81 bits per heavy atom. The Hall–Kier alpha value is -2.82. The zero-order valence-corrected chi connectivity index (χ0v) is 15.6. The van der Waals surface area contributed by atoms with Crippen molar-refractivity contribution in [2.45, 2.75) is 38.1 Å². The number of hydrogen-bond donors (Lipinski definition) is 0. The smallest absolute Gasteiger partial charge is 0.416 e. The van der Waals surface area contributed by atoms with Crippen LogP contribution in [0, 0.1) is 0 Å². The summed E-state index contributed by atoms with van der Waals surface area (Å²) in [6.07, 6.45) is 3.00. The molecule has 1 heterocycles. The molecule has 5 nitrogen and oxygen atoms in total. The molecule has 0 aromatic heterocycles. The Balaban J connectivity index is 1.47. The van der Waals surface area contributed by atoms with Crippen LogP contribution in [0.2, 0.25) is 0 Å². The molecule has 0 aliphatic carbocycles. The van der Waals surface area contributed by atoms with Crippen LogP contribution in [0.3, 0.4) is 0 Å². The van der Waals surface area contributed by atoms with E-state index in [0.29, 0.717) is 12.8 Å². The van der Waals surface area contributed by atoms with Crippen LogP contribution >= 0.6 is 0 Å². The summed E-state index contributed by atoms with van der Waals surface area (Å²) in [7, 11) is 1.65. The molecular formula is C22H25NO4. The Bertz CT molecular complexity index is 758. The van der Waals surface area contributed by atoms with Crippen LogP contribution in [0.5, 0.6) is 5.75 Å². The van der Waals surface area contributed by atoms with E-state index < -0.39 is 6.09 Å². The number of hydrogen-bond acceptors (Lipinski definition) is 4. The summed E-state index contributed by atoms with van der Waals surface area (Å²) in [5.41, 5.74) is 2.31. The third kappa shape index (κ3) is 5.09. The highest BCUT2D eigenvalue weighted by molar-refractivity contribution is 5.93. The van der Waals surface area contributed by atoms with E-state index in [1.165, 1.54) is 10.5 Å². The number of amides is 2. The highest BCUT2D eigenvalue weighted by Crippen LogP contribution is 2.20. The predicted octanol–water partition coefficient (Wildman–Crippen LogP) is 4.00. The zero-order valence-electron chi connectivity index (χ0n) is 15.6. The summed E-state index contributed by atoms with van der Waals surface area (Å²) in [5, 5.41) is 0. The predicted molar refractivity (Wildman–Crippen MR) is 103 cm³/mol. The van der Waals surface area contributed by atoms with Crippen LogP contribution in [-0.4, -0.2) is 36.7 Å².